The van der Waals surface area contributed by atoms with E-state index in [9.17, 15) is 0 Å². The molecule has 4 aromatic rings. The molecule has 2 N–H and O–H groups in total. The number of imidazole rings is 2. The van der Waals surface area contributed by atoms with Crippen LogP contribution in [0.5, 0.6) is 0 Å². The second-order valence-corrected chi connectivity index (χ2v) is 4.96. The Labute approximate surface area is 127 Å². The quantitative estimate of drug-likeness (QED) is 0.527. The number of rotatable bonds is 1. The van der Waals surface area contributed by atoms with Crippen molar-refractivity contribution >= 4 is 10.8 Å². The maximum absolute atomic E-state index is 4.06. The zero-order valence-electron chi connectivity index (χ0n) is 11.7. The molecule has 4 heteroatoms. The van der Waals surface area contributed by atoms with E-state index < -0.39 is 0 Å². The molecular weight excluding hydrogens is 272 g/mol. The fourth-order valence-electron chi connectivity index (χ4n) is 2.37. The third-order valence-electron chi connectivity index (χ3n) is 3.49. The van der Waals surface area contributed by atoms with Crippen molar-refractivity contribution in [3.8, 4) is 23.1 Å². The van der Waals surface area contributed by atoms with Crippen LogP contribution in [0.4, 0.5) is 0 Å². The van der Waals surface area contributed by atoms with Gasteiger partial charge in [-0.1, -0.05) is 24.1 Å². The first kappa shape index (κ1) is 12.4. The molecular formula is C18H12N4. The van der Waals surface area contributed by atoms with E-state index in [-0.39, 0.29) is 0 Å². The van der Waals surface area contributed by atoms with Gasteiger partial charge < -0.3 is 9.97 Å². The highest BCUT2D eigenvalue weighted by Crippen LogP contribution is 2.23. The minimum atomic E-state index is 0.815. The van der Waals surface area contributed by atoms with Crippen LogP contribution in [0.15, 0.2) is 61.4 Å². The molecule has 0 amide bonds. The summed E-state index contributed by atoms with van der Waals surface area (Å²) in [4.78, 5) is 14.1. The number of hydrogen-bond donors (Lipinski definition) is 2. The molecule has 0 fully saturated rings. The monoisotopic (exact) mass is 284 g/mol. The highest BCUT2D eigenvalue weighted by atomic mass is 14.9. The van der Waals surface area contributed by atoms with Gasteiger partial charge in [0.2, 0.25) is 0 Å². The van der Waals surface area contributed by atoms with Gasteiger partial charge in [0.05, 0.1) is 30.7 Å². The number of aromatic amines is 2. The number of nitrogens with zero attached hydrogens (tertiary/aromatic N) is 2. The van der Waals surface area contributed by atoms with E-state index in [0.717, 1.165) is 22.5 Å². The molecule has 0 saturated carbocycles. The van der Waals surface area contributed by atoms with Crippen LogP contribution in [-0.2, 0) is 0 Å². The van der Waals surface area contributed by atoms with Gasteiger partial charge in [-0.15, -0.1) is 0 Å². The Morgan fingerprint density at radius 2 is 1.59 bits per heavy atom. The van der Waals surface area contributed by atoms with Gasteiger partial charge >= 0.3 is 0 Å². The minimum absolute atomic E-state index is 0.815. The molecule has 22 heavy (non-hydrogen) atoms. The molecule has 0 aliphatic carbocycles. The Bertz CT molecular complexity index is 971. The van der Waals surface area contributed by atoms with Gasteiger partial charge in [-0.3, -0.25) is 0 Å². The first-order chi connectivity index (χ1) is 10.9. The summed E-state index contributed by atoms with van der Waals surface area (Å²) in [6, 6.07) is 12.5. The SMILES string of the molecule is C(#Cc1cnc[nH]1)c1ccc2cc(-c3cnc[nH]3)ccc2c1. The highest BCUT2D eigenvalue weighted by Gasteiger charge is 2.01. The second kappa shape index (κ2) is 5.23. The molecule has 0 bridgehead atoms. The smallest absolute Gasteiger partial charge is 0.109 e. The molecule has 2 aromatic carbocycles. The molecule has 2 aromatic heterocycles. The van der Waals surface area contributed by atoms with Gasteiger partial charge in [-0.2, -0.15) is 0 Å². The molecule has 0 radical (unpaired) electrons. The van der Waals surface area contributed by atoms with E-state index in [2.05, 4.69) is 62.1 Å². The highest BCUT2D eigenvalue weighted by molar-refractivity contribution is 5.87. The lowest BCUT2D eigenvalue weighted by Crippen LogP contribution is -1.81. The zero-order chi connectivity index (χ0) is 14.8. The van der Waals surface area contributed by atoms with Gasteiger partial charge in [0.15, 0.2) is 0 Å². The summed E-state index contributed by atoms with van der Waals surface area (Å²) in [6.45, 7) is 0. The molecule has 0 atom stereocenters. The Morgan fingerprint density at radius 3 is 2.41 bits per heavy atom. The van der Waals surface area contributed by atoms with Crippen molar-refractivity contribution in [2.24, 2.45) is 0 Å². The van der Waals surface area contributed by atoms with Crippen molar-refractivity contribution in [3.63, 3.8) is 0 Å². The van der Waals surface area contributed by atoms with Crippen LogP contribution >= 0.6 is 0 Å². The Balaban J connectivity index is 1.71. The van der Waals surface area contributed by atoms with E-state index in [1.54, 1.807) is 18.9 Å². The van der Waals surface area contributed by atoms with Crippen LogP contribution in [-0.4, -0.2) is 19.9 Å². The molecule has 0 aliphatic rings. The van der Waals surface area contributed by atoms with Crippen LogP contribution < -0.4 is 0 Å². The normalized spacial score (nSPS) is 10.4. The summed E-state index contributed by atoms with van der Waals surface area (Å²) < 4.78 is 0. The molecule has 0 unspecified atom stereocenters. The summed E-state index contributed by atoms with van der Waals surface area (Å²) >= 11 is 0. The first-order valence-corrected chi connectivity index (χ1v) is 6.91. The largest absolute Gasteiger partial charge is 0.345 e. The fraction of sp³-hybridized carbons (Fsp3) is 0. The standard InChI is InChI=1S/C18H12N4/c1-3-15-8-16(18-10-20-12-22-18)5-4-14(15)7-13(1)2-6-17-9-19-11-21-17/h1,3-5,7-12H,(H,19,21)(H,20,22). The molecule has 4 rings (SSSR count). The van der Waals surface area contributed by atoms with Crippen molar-refractivity contribution in [2.45, 2.75) is 0 Å². The van der Waals surface area contributed by atoms with Crippen molar-refractivity contribution in [1.29, 1.82) is 0 Å². The minimum Gasteiger partial charge on any atom is -0.345 e. The summed E-state index contributed by atoms with van der Waals surface area (Å²) in [7, 11) is 0. The van der Waals surface area contributed by atoms with Gasteiger partial charge in [-0.05, 0) is 34.9 Å². The van der Waals surface area contributed by atoms with Crippen molar-refractivity contribution < 1.29 is 0 Å². The fourth-order valence-corrected chi connectivity index (χ4v) is 2.37. The summed E-state index contributed by atoms with van der Waals surface area (Å²) in [5, 5.41) is 2.35. The maximum Gasteiger partial charge on any atom is 0.109 e. The van der Waals surface area contributed by atoms with Crippen molar-refractivity contribution in [2.75, 3.05) is 0 Å². The average Bonchev–Trinajstić information content (AvgIpc) is 3.25. The topological polar surface area (TPSA) is 57.4 Å². The van der Waals surface area contributed by atoms with E-state index in [4.69, 9.17) is 0 Å². The van der Waals surface area contributed by atoms with Gasteiger partial charge in [0.1, 0.15) is 5.69 Å². The lowest BCUT2D eigenvalue weighted by atomic mass is 10.0. The number of benzene rings is 2. The van der Waals surface area contributed by atoms with Crippen molar-refractivity contribution in [1.82, 2.24) is 19.9 Å². The number of nitrogens with one attached hydrogen (secondary N) is 2. The molecule has 0 spiro atoms. The van der Waals surface area contributed by atoms with Gasteiger partial charge in [0, 0.05) is 11.1 Å². The number of H-pyrrole nitrogens is 2. The first-order valence-electron chi connectivity index (χ1n) is 6.91. The third kappa shape index (κ3) is 2.36. The Kier molecular flexibility index (Phi) is 2.95. The van der Waals surface area contributed by atoms with E-state index in [1.165, 1.54) is 10.8 Å². The van der Waals surface area contributed by atoms with Crippen molar-refractivity contribution in [3.05, 3.63) is 72.7 Å². The summed E-state index contributed by atoms with van der Waals surface area (Å²) in [6.07, 6.45) is 6.85. The lowest BCUT2D eigenvalue weighted by molar-refractivity contribution is 1.30. The summed E-state index contributed by atoms with van der Waals surface area (Å²) in [5.41, 5.74) is 3.94. The molecule has 4 nitrogen and oxygen atoms in total. The number of fused-ring (bicyclic) bond motifs is 1. The number of aromatic nitrogens is 4. The van der Waals surface area contributed by atoms with Crippen LogP contribution in [0.1, 0.15) is 11.3 Å². The molecule has 2 heterocycles. The summed E-state index contributed by atoms with van der Waals surface area (Å²) in [5.74, 6) is 6.20. The predicted molar refractivity (Wildman–Crippen MR) is 86.1 cm³/mol. The Morgan fingerprint density at radius 1 is 0.773 bits per heavy atom. The van der Waals surface area contributed by atoms with E-state index in [0.29, 0.717) is 0 Å². The zero-order valence-corrected chi connectivity index (χ0v) is 11.7. The van der Waals surface area contributed by atoms with E-state index in [1.807, 2.05) is 12.3 Å². The van der Waals surface area contributed by atoms with Gasteiger partial charge in [0.25, 0.3) is 0 Å². The molecule has 0 saturated heterocycles. The van der Waals surface area contributed by atoms with Crippen LogP contribution in [0.3, 0.4) is 0 Å². The average molecular weight is 284 g/mol. The molecule has 104 valence electrons. The third-order valence-corrected chi connectivity index (χ3v) is 3.49. The maximum atomic E-state index is 4.06. The second-order valence-electron chi connectivity index (χ2n) is 4.96. The Hall–Kier alpha value is -3.32. The predicted octanol–water partition coefficient (Wildman–Crippen LogP) is 3.35. The van der Waals surface area contributed by atoms with Crippen LogP contribution in [0, 0.1) is 11.8 Å². The van der Waals surface area contributed by atoms with Gasteiger partial charge in [-0.25, -0.2) is 9.97 Å². The van der Waals surface area contributed by atoms with E-state index >= 15 is 0 Å². The van der Waals surface area contributed by atoms with Crippen LogP contribution in [0.25, 0.3) is 22.0 Å². The van der Waals surface area contributed by atoms with Crippen LogP contribution in [0.2, 0.25) is 0 Å². The molecule has 0 aliphatic heterocycles. The lowest BCUT2D eigenvalue weighted by Gasteiger charge is -2.02. The number of hydrogen-bond acceptors (Lipinski definition) is 2.